The lowest BCUT2D eigenvalue weighted by Crippen LogP contribution is -2.38. The standard InChI is InChI=1S/C31H30F4N2O3/c1-18-12-23(25-15-21(17-38)6-11-27(25)32)8-7-22(18)13-19-4-9-24(10-5-19)37-28(16-29(39)40)26(14-20-2-3-20)30(36-37)31(33,34)35/h4-12,15,20,26,28,38H,2-3,13-14,16-17H2,1H3,(H,39,40). The first-order valence-corrected chi connectivity index (χ1v) is 13.3. The predicted octanol–water partition coefficient (Wildman–Crippen LogP) is 6.88. The summed E-state index contributed by atoms with van der Waals surface area (Å²) in [6.07, 6.45) is -2.51. The van der Waals surface area contributed by atoms with Crippen LogP contribution in [0.5, 0.6) is 0 Å². The average molecular weight is 555 g/mol. The number of aliphatic hydroxyl groups excluding tert-OH is 1. The van der Waals surface area contributed by atoms with Gasteiger partial charge in [0, 0.05) is 11.5 Å². The molecule has 0 amide bonds. The van der Waals surface area contributed by atoms with Crippen LogP contribution >= 0.6 is 0 Å². The molecule has 1 aliphatic heterocycles. The molecule has 1 aliphatic carbocycles. The Balaban J connectivity index is 1.37. The first-order chi connectivity index (χ1) is 19.0. The predicted molar refractivity (Wildman–Crippen MR) is 145 cm³/mol. The van der Waals surface area contributed by atoms with Gasteiger partial charge in [0.2, 0.25) is 0 Å². The monoisotopic (exact) mass is 554 g/mol. The third-order valence-corrected chi connectivity index (χ3v) is 7.77. The molecule has 5 rings (SSSR count). The molecule has 40 heavy (non-hydrogen) atoms. The van der Waals surface area contributed by atoms with Crippen LogP contribution in [0.1, 0.15) is 47.9 Å². The lowest BCUT2D eigenvalue weighted by molar-refractivity contribution is -0.137. The van der Waals surface area contributed by atoms with Gasteiger partial charge in [0.1, 0.15) is 11.5 Å². The summed E-state index contributed by atoms with van der Waals surface area (Å²) in [7, 11) is 0. The molecule has 0 radical (unpaired) electrons. The van der Waals surface area contributed by atoms with Gasteiger partial charge < -0.3 is 10.2 Å². The highest BCUT2D eigenvalue weighted by atomic mass is 19.4. The number of rotatable bonds is 9. The van der Waals surface area contributed by atoms with Crippen LogP contribution in [0.4, 0.5) is 23.2 Å². The van der Waals surface area contributed by atoms with E-state index in [1.165, 1.54) is 17.1 Å². The lowest BCUT2D eigenvalue weighted by Gasteiger charge is -2.27. The highest BCUT2D eigenvalue weighted by Gasteiger charge is 2.51. The zero-order chi connectivity index (χ0) is 28.6. The van der Waals surface area contributed by atoms with Gasteiger partial charge in [0.15, 0.2) is 0 Å². The molecule has 2 unspecified atom stereocenters. The van der Waals surface area contributed by atoms with Crippen LogP contribution in [0.15, 0.2) is 65.8 Å². The number of aliphatic carboxylic acids is 1. The van der Waals surface area contributed by atoms with E-state index in [4.69, 9.17) is 0 Å². The van der Waals surface area contributed by atoms with Gasteiger partial charge in [0.25, 0.3) is 0 Å². The summed E-state index contributed by atoms with van der Waals surface area (Å²) in [5.74, 6) is -2.33. The van der Waals surface area contributed by atoms with E-state index in [2.05, 4.69) is 5.10 Å². The smallest absolute Gasteiger partial charge is 0.431 e. The van der Waals surface area contributed by atoms with Gasteiger partial charge in [0.05, 0.1) is 24.8 Å². The first-order valence-electron chi connectivity index (χ1n) is 13.3. The Labute approximate surface area is 229 Å². The Bertz CT molecular complexity index is 1430. The minimum Gasteiger partial charge on any atom is -0.481 e. The summed E-state index contributed by atoms with van der Waals surface area (Å²) in [6.45, 7) is 1.74. The lowest BCUT2D eigenvalue weighted by atomic mass is 9.87. The van der Waals surface area contributed by atoms with Crippen molar-refractivity contribution in [2.45, 2.75) is 57.9 Å². The van der Waals surface area contributed by atoms with Crippen LogP contribution < -0.4 is 5.01 Å². The van der Waals surface area contributed by atoms with Crippen molar-refractivity contribution in [3.63, 3.8) is 0 Å². The second kappa shape index (κ2) is 11.0. The number of benzene rings is 3. The molecule has 1 saturated carbocycles. The molecule has 210 valence electrons. The Morgan fingerprint density at radius 3 is 2.33 bits per heavy atom. The number of hydrazone groups is 1. The SMILES string of the molecule is Cc1cc(-c2cc(CO)ccc2F)ccc1Cc1ccc(N2N=C(C(F)(F)F)C(CC3CC3)C2CC(=O)O)cc1. The van der Waals surface area contributed by atoms with E-state index in [0.717, 1.165) is 29.5 Å². The topological polar surface area (TPSA) is 73.1 Å². The van der Waals surface area contributed by atoms with Crippen LogP contribution in [0, 0.1) is 24.6 Å². The molecule has 3 aromatic rings. The number of carbonyl (C=O) groups is 1. The van der Waals surface area contributed by atoms with E-state index in [1.807, 2.05) is 37.3 Å². The van der Waals surface area contributed by atoms with Crippen molar-refractivity contribution < 1.29 is 32.6 Å². The second-order valence-corrected chi connectivity index (χ2v) is 10.7. The van der Waals surface area contributed by atoms with Crippen LogP contribution in [-0.2, 0) is 17.8 Å². The molecule has 3 aromatic carbocycles. The van der Waals surface area contributed by atoms with Crippen molar-refractivity contribution in [1.82, 2.24) is 0 Å². The first kappa shape index (κ1) is 27.8. The third-order valence-electron chi connectivity index (χ3n) is 7.77. The van der Waals surface area contributed by atoms with Crippen LogP contribution in [0.25, 0.3) is 11.1 Å². The molecular weight excluding hydrogens is 524 g/mol. The third kappa shape index (κ3) is 6.04. The minimum atomic E-state index is -4.63. The van der Waals surface area contributed by atoms with Crippen molar-refractivity contribution in [1.29, 1.82) is 0 Å². The number of aliphatic hydroxyl groups is 1. The Hall–Kier alpha value is -3.72. The van der Waals surface area contributed by atoms with Gasteiger partial charge in [-0.15, -0.1) is 0 Å². The highest BCUT2D eigenvalue weighted by molar-refractivity contribution is 5.96. The van der Waals surface area contributed by atoms with Crippen LogP contribution in [0.3, 0.4) is 0 Å². The van der Waals surface area contributed by atoms with Crippen molar-refractivity contribution in [2.75, 3.05) is 5.01 Å². The van der Waals surface area contributed by atoms with E-state index in [-0.39, 0.29) is 24.8 Å². The summed E-state index contributed by atoms with van der Waals surface area (Å²) in [4.78, 5) is 11.6. The molecule has 9 heteroatoms. The van der Waals surface area contributed by atoms with E-state index >= 15 is 0 Å². The zero-order valence-corrected chi connectivity index (χ0v) is 22.0. The fourth-order valence-electron chi connectivity index (χ4n) is 5.46. The Morgan fingerprint density at radius 2 is 1.73 bits per heavy atom. The maximum absolute atomic E-state index is 14.4. The number of alkyl halides is 3. The van der Waals surface area contributed by atoms with E-state index < -0.39 is 36.2 Å². The molecule has 0 spiro atoms. The van der Waals surface area contributed by atoms with Crippen molar-refractivity contribution in [2.24, 2.45) is 16.9 Å². The number of halogens is 4. The number of carboxylic acids is 1. The van der Waals surface area contributed by atoms with Gasteiger partial charge in [-0.25, -0.2) is 4.39 Å². The van der Waals surface area contributed by atoms with Gasteiger partial charge in [-0.3, -0.25) is 9.80 Å². The van der Waals surface area contributed by atoms with Gasteiger partial charge in [-0.2, -0.15) is 18.3 Å². The molecule has 2 atom stereocenters. The van der Waals surface area contributed by atoms with Crippen LogP contribution in [0.2, 0.25) is 0 Å². The van der Waals surface area contributed by atoms with E-state index in [9.17, 15) is 32.6 Å². The summed E-state index contributed by atoms with van der Waals surface area (Å²) in [5.41, 5.74) is 4.10. The van der Waals surface area contributed by atoms with E-state index in [0.29, 0.717) is 28.8 Å². The number of anilines is 1. The molecule has 0 bridgehead atoms. The molecule has 5 nitrogen and oxygen atoms in total. The number of aryl methyl sites for hydroxylation is 1. The molecular formula is C31H30F4N2O3. The maximum Gasteiger partial charge on any atom is 0.431 e. The summed E-state index contributed by atoms with van der Waals surface area (Å²) < 4.78 is 56.1. The quantitative estimate of drug-likeness (QED) is 0.283. The number of carboxylic acid groups (broad SMARTS) is 1. The summed E-state index contributed by atoms with van der Waals surface area (Å²) in [6, 6.07) is 16.2. The molecule has 1 heterocycles. The van der Waals surface area contributed by atoms with Gasteiger partial charge in [-0.05, 0) is 77.8 Å². The second-order valence-electron chi connectivity index (χ2n) is 10.7. The van der Waals surface area contributed by atoms with Crippen molar-refractivity contribution >= 4 is 17.4 Å². The van der Waals surface area contributed by atoms with Gasteiger partial charge in [-0.1, -0.05) is 49.2 Å². The highest BCUT2D eigenvalue weighted by Crippen LogP contribution is 2.44. The summed E-state index contributed by atoms with van der Waals surface area (Å²) >= 11 is 0. The maximum atomic E-state index is 14.4. The number of nitrogens with zero attached hydrogens (tertiary/aromatic N) is 2. The van der Waals surface area contributed by atoms with Crippen LogP contribution in [-0.4, -0.2) is 34.1 Å². The fraction of sp³-hybridized carbons (Fsp3) is 0.355. The molecule has 2 N–H and O–H groups in total. The normalized spacial score (nSPS) is 19.1. The minimum absolute atomic E-state index is 0.181. The Morgan fingerprint density at radius 1 is 1.02 bits per heavy atom. The summed E-state index contributed by atoms with van der Waals surface area (Å²) in [5, 5.41) is 24.0. The van der Waals surface area contributed by atoms with E-state index in [1.54, 1.807) is 18.2 Å². The molecule has 0 saturated heterocycles. The zero-order valence-electron chi connectivity index (χ0n) is 22.0. The molecule has 2 aliphatic rings. The van der Waals surface area contributed by atoms with Gasteiger partial charge >= 0.3 is 12.1 Å². The fourth-order valence-corrected chi connectivity index (χ4v) is 5.46. The largest absolute Gasteiger partial charge is 0.481 e. The number of hydrogen-bond acceptors (Lipinski definition) is 4. The molecule has 0 aromatic heterocycles. The number of hydrogen-bond donors (Lipinski definition) is 2. The van der Waals surface area contributed by atoms with Crippen molar-refractivity contribution in [3.05, 3.63) is 88.7 Å². The average Bonchev–Trinajstić information content (AvgIpc) is 3.66. The molecule has 1 fully saturated rings. The van der Waals surface area contributed by atoms with Crippen molar-refractivity contribution in [3.8, 4) is 11.1 Å². The Kier molecular flexibility index (Phi) is 7.68.